The van der Waals surface area contributed by atoms with Crippen molar-refractivity contribution >= 4 is 5.69 Å². The molecular formula is C19H28N4O. The van der Waals surface area contributed by atoms with Gasteiger partial charge >= 0.3 is 0 Å². The molecule has 1 aromatic heterocycles. The Bertz CT molecular complexity index is 632. The quantitative estimate of drug-likeness (QED) is 0.820. The van der Waals surface area contributed by atoms with E-state index in [9.17, 15) is 5.11 Å². The molecular weight excluding hydrogens is 300 g/mol. The largest absolute Gasteiger partial charge is 0.396 e. The molecule has 0 spiro atoms. The van der Waals surface area contributed by atoms with E-state index in [2.05, 4.69) is 51.0 Å². The van der Waals surface area contributed by atoms with Gasteiger partial charge in [-0.1, -0.05) is 18.2 Å². The normalized spacial score (nSPS) is 16.4. The summed E-state index contributed by atoms with van der Waals surface area (Å²) in [5.41, 5.74) is 2.52. The highest BCUT2D eigenvalue weighted by molar-refractivity contribution is 5.51. The number of aromatic nitrogens is 2. The van der Waals surface area contributed by atoms with Crippen LogP contribution in [-0.2, 0) is 19.6 Å². The molecule has 0 saturated carbocycles. The van der Waals surface area contributed by atoms with E-state index in [4.69, 9.17) is 0 Å². The summed E-state index contributed by atoms with van der Waals surface area (Å²) < 4.78 is 2.16. The summed E-state index contributed by atoms with van der Waals surface area (Å²) in [5.74, 6) is 1.55. The van der Waals surface area contributed by atoms with Gasteiger partial charge in [0.2, 0.25) is 0 Å². The minimum absolute atomic E-state index is 0.329. The van der Waals surface area contributed by atoms with Crippen molar-refractivity contribution < 1.29 is 5.11 Å². The summed E-state index contributed by atoms with van der Waals surface area (Å²) in [7, 11) is 0. The third-order valence-electron chi connectivity index (χ3n) is 4.96. The van der Waals surface area contributed by atoms with E-state index in [0.717, 1.165) is 51.4 Å². The monoisotopic (exact) mass is 328 g/mol. The number of para-hydroxylation sites is 1. The van der Waals surface area contributed by atoms with Gasteiger partial charge in [-0.15, -0.1) is 0 Å². The first-order chi connectivity index (χ1) is 11.8. The Morgan fingerprint density at radius 1 is 1.25 bits per heavy atom. The number of nitrogens with one attached hydrogen (secondary N) is 1. The molecule has 0 bridgehead atoms. The van der Waals surface area contributed by atoms with Crippen molar-refractivity contribution in [3.8, 4) is 0 Å². The molecule has 130 valence electrons. The van der Waals surface area contributed by atoms with Crippen LogP contribution in [0.15, 0.2) is 36.7 Å². The van der Waals surface area contributed by atoms with Crippen LogP contribution in [-0.4, -0.2) is 39.3 Å². The van der Waals surface area contributed by atoms with Crippen molar-refractivity contribution in [1.82, 2.24) is 14.5 Å². The summed E-state index contributed by atoms with van der Waals surface area (Å²) >= 11 is 0. The summed E-state index contributed by atoms with van der Waals surface area (Å²) in [5, 5.41) is 12.8. The van der Waals surface area contributed by atoms with Gasteiger partial charge in [0.25, 0.3) is 0 Å². The number of piperidine rings is 1. The number of aliphatic hydroxyl groups excluding tert-OH is 1. The Morgan fingerprint density at radius 3 is 2.79 bits per heavy atom. The molecule has 5 nitrogen and oxygen atoms in total. The highest BCUT2D eigenvalue weighted by atomic mass is 16.3. The van der Waals surface area contributed by atoms with Crippen LogP contribution >= 0.6 is 0 Å². The van der Waals surface area contributed by atoms with E-state index in [1.54, 1.807) is 0 Å². The van der Waals surface area contributed by atoms with Gasteiger partial charge in [0.05, 0.1) is 6.54 Å². The lowest BCUT2D eigenvalue weighted by molar-refractivity contribution is 0.127. The van der Waals surface area contributed by atoms with Gasteiger partial charge in [-0.25, -0.2) is 4.98 Å². The van der Waals surface area contributed by atoms with E-state index in [1.807, 2.05) is 12.4 Å². The maximum absolute atomic E-state index is 9.28. The maximum atomic E-state index is 9.28. The van der Waals surface area contributed by atoms with Gasteiger partial charge in [0, 0.05) is 37.8 Å². The molecule has 0 aliphatic carbocycles. The number of aliphatic hydroxyl groups is 1. The number of rotatable bonds is 7. The molecule has 1 aliphatic heterocycles. The van der Waals surface area contributed by atoms with Crippen LogP contribution in [0.5, 0.6) is 0 Å². The summed E-state index contributed by atoms with van der Waals surface area (Å²) in [6.45, 7) is 7.25. The lowest BCUT2D eigenvalue weighted by Gasteiger charge is -2.31. The molecule has 0 atom stereocenters. The van der Waals surface area contributed by atoms with Crippen LogP contribution in [0.3, 0.4) is 0 Å². The first-order valence-corrected chi connectivity index (χ1v) is 8.95. The minimum Gasteiger partial charge on any atom is -0.396 e. The van der Waals surface area contributed by atoms with Crippen LogP contribution in [0.2, 0.25) is 0 Å². The molecule has 5 heteroatoms. The van der Waals surface area contributed by atoms with Crippen molar-refractivity contribution in [2.45, 2.75) is 39.4 Å². The molecule has 1 fully saturated rings. The standard InChI is InChI=1S/C19H28N4O/c1-2-23-12-9-20-19(23)13-21-18-6-4-3-5-17(18)14-22-10-7-16(15-24)8-11-22/h3-6,9,12,16,21,24H,2,7-8,10-11,13-15H2,1H3. The van der Waals surface area contributed by atoms with Crippen molar-refractivity contribution in [1.29, 1.82) is 0 Å². The number of hydrogen-bond acceptors (Lipinski definition) is 4. The van der Waals surface area contributed by atoms with Crippen molar-refractivity contribution in [3.63, 3.8) is 0 Å². The van der Waals surface area contributed by atoms with E-state index in [-0.39, 0.29) is 0 Å². The van der Waals surface area contributed by atoms with Crippen LogP contribution in [0.4, 0.5) is 5.69 Å². The third-order valence-corrected chi connectivity index (χ3v) is 4.96. The molecule has 1 aromatic carbocycles. The average Bonchev–Trinajstić information content (AvgIpc) is 3.09. The Morgan fingerprint density at radius 2 is 2.04 bits per heavy atom. The predicted molar refractivity (Wildman–Crippen MR) is 96.8 cm³/mol. The number of imidazole rings is 1. The molecule has 0 unspecified atom stereocenters. The zero-order chi connectivity index (χ0) is 16.8. The van der Waals surface area contributed by atoms with Crippen LogP contribution in [0.25, 0.3) is 0 Å². The van der Waals surface area contributed by atoms with E-state index in [0.29, 0.717) is 12.5 Å². The Balaban J connectivity index is 1.61. The van der Waals surface area contributed by atoms with Crippen LogP contribution in [0.1, 0.15) is 31.2 Å². The summed E-state index contributed by atoms with van der Waals surface area (Å²) in [6.07, 6.45) is 6.08. The Hall–Kier alpha value is -1.85. The van der Waals surface area contributed by atoms with Gasteiger partial charge in [-0.05, 0) is 50.4 Å². The first-order valence-electron chi connectivity index (χ1n) is 8.95. The molecule has 1 aliphatic rings. The van der Waals surface area contributed by atoms with E-state index >= 15 is 0 Å². The SMILES string of the molecule is CCn1ccnc1CNc1ccccc1CN1CCC(CO)CC1. The van der Waals surface area contributed by atoms with Crippen molar-refractivity contribution in [2.75, 3.05) is 25.0 Å². The summed E-state index contributed by atoms with van der Waals surface area (Å²) in [6, 6.07) is 8.53. The number of benzene rings is 1. The molecule has 2 heterocycles. The lowest BCUT2D eigenvalue weighted by atomic mass is 9.97. The van der Waals surface area contributed by atoms with Crippen LogP contribution < -0.4 is 5.32 Å². The smallest absolute Gasteiger partial charge is 0.128 e. The molecule has 24 heavy (non-hydrogen) atoms. The van der Waals surface area contributed by atoms with E-state index < -0.39 is 0 Å². The number of likely N-dealkylation sites (tertiary alicyclic amines) is 1. The number of aryl methyl sites for hydroxylation is 1. The number of anilines is 1. The fourth-order valence-corrected chi connectivity index (χ4v) is 3.37. The average molecular weight is 328 g/mol. The maximum Gasteiger partial charge on any atom is 0.128 e. The van der Waals surface area contributed by atoms with Gasteiger partial charge < -0.3 is 15.0 Å². The van der Waals surface area contributed by atoms with Crippen molar-refractivity contribution in [2.24, 2.45) is 5.92 Å². The molecule has 0 radical (unpaired) electrons. The highest BCUT2D eigenvalue weighted by Gasteiger charge is 2.19. The number of hydrogen-bond donors (Lipinski definition) is 2. The second-order valence-electron chi connectivity index (χ2n) is 6.54. The minimum atomic E-state index is 0.329. The second-order valence-corrected chi connectivity index (χ2v) is 6.54. The van der Waals surface area contributed by atoms with Gasteiger partial charge in [-0.3, -0.25) is 4.90 Å². The Kier molecular flexibility index (Phi) is 5.88. The molecule has 3 rings (SSSR count). The van der Waals surface area contributed by atoms with Gasteiger partial charge in [0.15, 0.2) is 0 Å². The Labute approximate surface area is 144 Å². The molecule has 1 saturated heterocycles. The molecule has 2 N–H and O–H groups in total. The van der Waals surface area contributed by atoms with E-state index in [1.165, 1.54) is 11.3 Å². The number of nitrogens with zero attached hydrogens (tertiary/aromatic N) is 3. The zero-order valence-corrected chi connectivity index (χ0v) is 14.5. The van der Waals surface area contributed by atoms with Crippen molar-refractivity contribution in [3.05, 3.63) is 48.0 Å². The first kappa shape index (κ1) is 17.0. The molecule has 2 aromatic rings. The summed E-state index contributed by atoms with van der Waals surface area (Å²) in [4.78, 5) is 6.92. The fourth-order valence-electron chi connectivity index (χ4n) is 3.37. The van der Waals surface area contributed by atoms with Gasteiger partial charge in [-0.2, -0.15) is 0 Å². The second kappa shape index (κ2) is 8.31. The lowest BCUT2D eigenvalue weighted by Crippen LogP contribution is -2.34. The molecule has 0 amide bonds. The topological polar surface area (TPSA) is 53.3 Å². The van der Waals surface area contributed by atoms with Gasteiger partial charge in [0.1, 0.15) is 5.82 Å². The fraction of sp³-hybridized carbons (Fsp3) is 0.526. The predicted octanol–water partition coefficient (Wildman–Crippen LogP) is 2.72. The highest BCUT2D eigenvalue weighted by Crippen LogP contribution is 2.22. The zero-order valence-electron chi connectivity index (χ0n) is 14.5. The van der Waals surface area contributed by atoms with Crippen LogP contribution in [0, 0.1) is 5.92 Å². The third kappa shape index (κ3) is 4.16.